The van der Waals surface area contributed by atoms with Gasteiger partial charge in [-0.3, -0.25) is 4.99 Å². The van der Waals surface area contributed by atoms with E-state index in [2.05, 4.69) is 65.6 Å². The average molecular weight is 304 g/mol. The highest BCUT2D eigenvalue weighted by molar-refractivity contribution is 5.80. The number of morpholine rings is 1. The van der Waals surface area contributed by atoms with Crippen LogP contribution in [0.15, 0.2) is 29.3 Å². The van der Waals surface area contributed by atoms with Gasteiger partial charge < -0.3 is 20.3 Å². The molecule has 1 fully saturated rings. The van der Waals surface area contributed by atoms with Crippen LogP contribution in [0.1, 0.15) is 26.3 Å². The Labute approximate surface area is 133 Å². The van der Waals surface area contributed by atoms with Gasteiger partial charge in [-0.05, 0) is 38.5 Å². The Bertz CT molecular complexity index is 484. The first-order chi connectivity index (χ1) is 10.5. The molecule has 0 saturated carbocycles. The summed E-state index contributed by atoms with van der Waals surface area (Å²) >= 11 is 0. The van der Waals surface area contributed by atoms with E-state index in [9.17, 15) is 0 Å². The first kappa shape index (κ1) is 16.6. The number of hydrogen-bond acceptors (Lipinski definition) is 3. The Kier molecular flexibility index (Phi) is 5.66. The summed E-state index contributed by atoms with van der Waals surface area (Å²) in [4.78, 5) is 6.61. The predicted octanol–water partition coefficient (Wildman–Crippen LogP) is 1.99. The highest BCUT2D eigenvalue weighted by Gasteiger charge is 2.12. The first-order valence-corrected chi connectivity index (χ1v) is 7.88. The number of hydrogen-bond donors (Lipinski definition) is 2. The van der Waals surface area contributed by atoms with E-state index in [0.29, 0.717) is 0 Å². The lowest BCUT2D eigenvalue weighted by Gasteiger charge is -2.29. The molecule has 1 aliphatic heterocycles. The maximum absolute atomic E-state index is 5.39. The van der Waals surface area contributed by atoms with Crippen LogP contribution in [-0.4, -0.2) is 44.8 Å². The molecule has 0 unspecified atom stereocenters. The normalized spacial score (nSPS) is 16.5. The summed E-state index contributed by atoms with van der Waals surface area (Å²) in [5, 5.41) is 6.70. The Hall–Kier alpha value is -1.75. The molecule has 0 spiro atoms. The summed E-state index contributed by atoms with van der Waals surface area (Å²) < 4.78 is 5.39. The van der Waals surface area contributed by atoms with Gasteiger partial charge in [0.25, 0.3) is 0 Å². The molecule has 0 atom stereocenters. The SMILES string of the molecule is CN=C(NCc1ccc(N2CCOCC2)cc1)NC(C)(C)C. The van der Waals surface area contributed by atoms with Crippen LogP contribution in [0.3, 0.4) is 0 Å². The molecule has 0 radical (unpaired) electrons. The molecule has 122 valence electrons. The van der Waals surface area contributed by atoms with Crippen molar-refractivity contribution in [1.29, 1.82) is 0 Å². The number of benzene rings is 1. The number of aliphatic imine (C=N–C) groups is 1. The molecular weight excluding hydrogens is 276 g/mol. The maximum Gasteiger partial charge on any atom is 0.191 e. The Morgan fingerprint density at radius 3 is 2.36 bits per heavy atom. The van der Waals surface area contributed by atoms with Crippen LogP contribution in [0, 0.1) is 0 Å². The number of anilines is 1. The van der Waals surface area contributed by atoms with Crippen LogP contribution in [0.25, 0.3) is 0 Å². The zero-order chi connectivity index (χ0) is 16.0. The molecule has 2 N–H and O–H groups in total. The van der Waals surface area contributed by atoms with Gasteiger partial charge in [0, 0.05) is 37.9 Å². The van der Waals surface area contributed by atoms with Crippen molar-refractivity contribution in [3.8, 4) is 0 Å². The van der Waals surface area contributed by atoms with Crippen molar-refractivity contribution >= 4 is 11.6 Å². The highest BCUT2D eigenvalue weighted by Crippen LogP contribution is 2.16. The minimum Gasteiger partial charge on any atom is -0.378 e. The molecule has 1 saturated heterocycles. The molecule has 1 heterocycles. The molecular formula is C17H28N4O. The minimum atomic E-state index is 0.00202. The van der Waals surface area contributed by atoms with Gasteiger partial charge in [-0.25, -0.2) is 0 Å². The molecule has 0 bridgehead atoms. The van der Waals surface area contributed by atoms with E-state index in [0.717, 1.165) is 38.8 Å². The summed E-state index contributed by atoms with van der Waals surface area (Å²) in [5.74, 6) is 0.824. The van der Waals surface area contributed by atoms with E-state index >= 15 is 0 Å². The lowest BCUT2D eigenvalue weighted by Crippen LogP contribution is -2.47. The van der Waals surface area contributed by atoms with Crippen molar-refractivity contribution in [3.05, 3.63) is 29.8 Å². The van der Waals surface area contributed by atoms with E-state index in [-0.39, 0.29) is 5.54 Å². The van der Waals surface area contributed by atoms with Gasteiger partial charge in [0.2, 0.25) is 0 Å². The Morgan fingerprint density at radius 1 is 1.18 bits per heavy atom. The lowest BCUT2D eigenvalue weighted by molar-refractivity contribution is 0.122. The lowest BCUT2D eigenvalue weighted by atomic mass is 10.1. The minimum absolute atomic E-state index is 0.00202. The van der Waals surface area contributed by atoms with Crippen molar-refractivity contribution in [2.75, 3.05) is 38.3 Å². The van der Waals surface area contributed by atoms with Crippen molar-refractivity contribution in [1.82, 2.24) is 10.6 Å². The molecule has 1 aromatic carbocycles. The van der Waals surface area contributed by atoms with Gasteiger partial charge in [-0.1, -0.05) is 12.1 Å². The summed E-state index contributed by atoms with van der Waals surface area (Å²) in [7, 11) is 1.79. The van der Waals surface area contributed by atoms with Crippen LogP contribution < -0.4 is 15.5 Å². The van der Waals surface area contributed by atoms with Gasteiger partial charge in [-0.2, -0.15) is 0 Å². The van der Waals surface area contributed by atoms with Crippen molar-refractivity contribution < 1.29 is 4.74 Å². The smallest absolute Gasteiger partial charge is 0.191 e. The fourth-order valence-corrected chi connectivity index (χ4v) is 2.37. The Balaban J connectivity index is 1.88. The average Bonchev–Trinajstić information content (AvgIpc) is 2.52. The van der Waals surface area contributed by atoms with Gasteiger partial charge in [0.1, 0.15) is 0 Å². The molecule has 22 heavy (non-hydrogen) atoms. The van der Waals surface area contributed by atoms with Gasteiger partial charge in [0.15, 0.2) is 5.96 Å². The van der Waals surface area contributed by atoms with E-state index in [1.54, 1.807) is 7.05 Å². The monoisotopic (exact) mass is 304 g/mol. The number of nitrogens with one attached hydrogen (secondary N) is 2. The number of nitrogens with zero attached hydrogens (tertiary/aromatic N) is 2. The second-order valence-electron chi connectivity index (χ2n) is 6.57. The summed E-state index contributed by atoms with van der Waals surface area (Å²) in [5.41, 5.74) is 2.51. The van der Waals surface area contributed by atoms with Gasteiger partial charge in [0.05, 0.1) is 13.2 Å². The number of guanidine groups is 1. The summed E-state index contributed by atoms with van der Waals surface area (Å²) in [6, 6.07) is 8.70. The third-order valence-electron chi connectivity index (χ3n) is 3.49. The fourth-order valence-electron chi connectivity index (χ4n) is 2.37. The van der Waals surface area contributed by atoms with Crippen LogP contribution in [0.4, 0.5) is 5.69 Å². The quantitative estimate of drug-likeness (QED) is 0.662. The predicted molar refractivity (Wildman–Crippen MR) is 92.6 cm³/mol. The van der Waals surface area contributed by atoms with E-state index in [1.807, 2.05) is 0 Å². The first-order valence-electron chi connectivity index (χ1n) is 7.88. The number of ether oxygens (including phenoxy) is 1. The molecule has 1 aliphatic rings. The molecule has 1 aromatic rings. The second kappa shape index (κ2) is 7.49. The van der Waals surface area contributed by atoms with Crippen molar-refractivity contribution in [3.63, 3.8) is 0 Å². The van der Waals surface area contributed by atoms with E-state index in [4.69, 9.17) is 4.74 Å². The van der Waals surface area contributed by atoms with Crippen molar-refractivity contribution in [2.45, 2.75) is 32.9 Å². The zero-order valence-electron chi connectivity index (χ0n) is 14.1. The van der Waals surface area contributed by atoms with Gasteiger partial charge in [-0.15, -0.1) is 0 Å². The maximum atomic E-state index is 5.39. The van der Waals surface area contributed by atoms with Crippen LogP contribution in [0.5, 0.6) is 0 Å². The van der Waals surface area contributed by atoms with E-state index < -0.39 is 0 Å². The summed E-state index contributed by atoms with van der Waals surface area (Å²) in [6.45, 7) is 10.7. The molecule has 5 heteroatoms. The van der Waals surface area contributed by atoms with E-state index in [1.165, 1.54) is 11.3 Å². The Morgan fingerprint density at radius 2 is 1.82 bits per heavy atom. The third kappa shape index (κ3) is 5.22. The number of rotatable bonds is 3. The third-order valence-corrected chi connectivity index (χ3v) is 3.49. The molecule has 0 aromatic heterocycles. The zero-order valence-corrected chi connectivity index (χ0v) is 14.1. The topological polar surface area (TPSA) is 48.9 Å². The second-order valence-corrected chi connectivity index (χ2v) is 6.57. The molecule has 5 nitrogen and oxygen atoms in total. The van der Waals surface area contributed by atoms with Crippen LogP contribution in [-0.2, 0) is 11.3 Å². The van der Waals surface area contributed by atoms with Crippen molar-refractivity contribution in [2.24, 2.45) is 4.99 Å². The molecule has 0 aliphatic carbocycles. The molecule has 0 amide bonds. The highest BCUT2D eigenvalue weighted by atomic mass is 16.5. The molecule has 2 rings (SSSR count). The summed E-state index contributed by atoms with van der Waals surface area (Å²) in [6.07, 6.45) is 0. The standard InChI is InChI=1S/C17H28N4O/c1-17(2,3)20-16(18-4)19-13-14-5-7-15(8-6-14)21-9-11-22-12-10-21/h5-8H,9-13H2,1-4H3,(H2,18,19,20). The fraction of sp³-hybridized carbons (Fsp3) is 0.588. The van der Waals surface area contributed by atoms with Crippen LogP contribution >= 0.6 is 0 Å². The van der Waals surface area contributed by atoms with Gasteiger partial charge >= 0.3 is 0 Å². The van der Waals surface area contributed by atoms with Crippen LogP contribution in [0.2, 0.25) is 0 Å². The largest absolute Gasteiger partial charge is 0.378 e.